The molecule has 0 aliphatic rings. The molecule has 2 aromatic rings. The Balaban J connectivity index is 2.26. The zero-order chi connectivity index (χ0) is 19.7. The van der Waals surface area contributed by atoms with Crippen molar-refractivity contribution in [3.63, 3.8) is 0 Å². The van der Waals surface area contributed by atoms with Crippen LogP contribution in [0.15, 0.2) is 73.8 Å². The molecule has 2 rings (SSSR count). The van der Waals surface area contributed by atoms with Crippen molar-refractivity contribution in [2.24, 2.45) is 0 Å². The molecule has 1 atom stereocenters. The van der Waals surface area contributed by atoms with E-state index in [0.29, 0.717) is 23.6 Å². The van der Waals surface area contributed by atoms with Crippen LogP contribution >= 0.6 is 11.6 Å². The van der Waals surface area contributed by atoms with E-state index in [1.165, 1.54) is 0 Å². The highest BCUT2D eigenvalue weighted by molar-refractivity contribution is 6.30. The van der Waals surface area contributed by atoms with Crippen molar-refractivity contribution in [2.45, 2.75) is 18.6 Å². The van der Waals surface area contributed by atoms with Gasteiger partial charge in [0, 0.05) is 18.0 Å². The standard InChI is InChI=1S/C22H24ClNO3/c1-4-14-22(27-15-5-2,18-8-10-19(23)11-9-18)21(25)24-16-17-6-12-20(26-3)13-7-17/h4-13H,1-2,14-16H2,3H3,(H,24,25). The van der Waals surface area contributed by atoms with E-state index in [-0.39, 0.29) is 12.5 Å². The normalized spacial score (nSPS) is 12.7. The van der Waals surface area contributed by atoms with Gasteiger partial charge in [-0.2, -0.15) is 0 Å². The Morgan fingerprint density at radius 3 is 2.33 bits per heavy atom. The van der Waals surface area contributed by atoms with E-state index in [2.05, 4.69) is 18.5 Å². The number of halogens is 1. The van der Waals surface area contributed by atoms with Gasteiger partial charge < -0.3 is 14.8 Å². The van der Waals surface area contributed by atoms with Crippen LogP contribution in [-0.4, -0.2) is 19.6 Å². The fourth-order valence-electron chi connectivity index (χ4n) is 2.74. The van der Waals surface area contributed by atoms with Gasteiger partial charge in [0.2, 0.25) is 0 Å². The summed E-state index contributed by atoms with van der Waals surface area (Å²) in [5.74, 6) is 0.518. The molecule has 1 unspecified atom stereocenters. The second kappa shape index (κ2) is 9.95. The average molecular weight is 386 g/mol. The molecule has 27 heavy (non-hydrogen) atoms. The lowest BCUT2D eigenvalue weighted by molar-refractivity contribution is -0.147. The van der Waals surface area contributed by atoms with Crippen LogP contribution in [0.1, 0.15) is 17.5 Å². The minimum absolute atomic E-state index is 0.229. The monoisotopic (exact) mass is 385 g/mol. The average Bonchev–Trinajstić information content (AvgIpc) is 2.70. The third kappa shape index (κ3) is 5.22. The van der Waals surface area contributed by atoms with E-state index in [1.807, 2.05) is 24.3 Å². The second-order valence-corrected chi connectivity index (χ2v) is 6.39. The van der Waals surface area contributed by atoms with E-state index >= 15 is 0 Å². The number of hydrogen-bond donors (Lipinski definition) is 1. The predicted octanol–water partition coefficient (Wildman–Crippen LogP) is 4.64. The fourth-order valence-corrected chi connectivity index (χ4v) is 2.87. The maximum atomic E-state index is 13.2. The van der Waals surface area contributed by atoms with Crippen LogP contribution in [-0.2, 0) is 21.7 Å². The van der Waals surface area contributed by atoms with E-state index in [9.17, 15) is 4.79 Å². The van der Waals surface area contributed by atoms with Gasteiger partial charge in [-0.1, -0.05) is 48.0 Å². The van der Waals surface area contributed by atoms with Gasteiger partial charge in [0.1, 0.15) is 5.75 Å². The minimum Gasteiger partial charge on any atom is -0.497 e. The summed E-state index contributed by atoms with van der Waals surface area (Å²) in [6.07, 6.45) is 3.60. The second-order valence-electron chi connectivity index (χ2n) is 5.96. The Morgan fingerprint density at radius 2 is 1.78 bits per heavy atom. The molecule has 0 bridgehead atoms. The number of methoxy groups -OCH3 is 1. The predicted molar refractivity (Wildman–Crippen MR) is 109 cm³/mol. The number of hydrogen-bond acceptors (Lipinski definition) is 3. The van der Waals surface area contributed by atoms with Crippen molar-refractivity contribution in [3.8, 4) is 5.75 Å². The minimum atomic E-state index is -1.20. The molecule has 1 amide bonds. The molecule has 0 saturated heterocycles. The lowest BCUT2D eigenvalue weighted by Crippen LogP contribution is -2.46. The first-order valence-electron chi connectivity index (χ1n) is 8.58. The molecule has 2 aromatic carbocycles. The Hall–Kier alpha value is -2.56. The van der Waals surface area contributed by atoms with E-state index in [4.69, 9.17) is 21.1 Å². The molecular weight excluding hydrogens is 362 g/mol. The maximum Gasteiger partial charge on any atom is 0.257 e. The molecule has 142 valence electrons. The van der Waals surface area contributed by atoms with Crippen LogP contribution in [0.3, 0.4) is 0 Å². The third-order valence-corrected chi connectivity index (χ3v) is 4.42. The van der Waals surface area contributed by atoms with Crippen molar-refractivity contribution < 1.29 is 14.3 Å². The van der Waals surface area contributed by atoms with Crippen molar-refractivity contribution >= 4 is 17.5 Å². The van der Waals surface area contributed by atoms with Crippen molar-refractivity contribution in [2.75, 3.05) is 13.7 Å². The maximum absolute atomic E-state index is 13.2. The number of benzene rings is 2. The first kappa shape index (κ1) is 20.7. The summed E-state index contributed by atoms with van der Waals surface area (Å²) < 4.78 is 11.1. The highest BCUT2D eigenvalue weighted by Gasteiger charge is 2.40. The lowest BCUT2D eigenvalue weighted by atomic mass is 9.88. The molecule has 0 fully saturated rings. The largest absolute Gasteiger partial charge is 0.497 e. The summed E-state index contributed by atoms with van der Waals surface area (Å²) in [6, 6.07) is 14.6. The van der Waals surface area contributed by atoms with Gasteiger partial charge >= 0.3 is 0 Å². The number of rotatable bonds is 10. The van der Waals surface area contributed by atoms with Crippen LogP contribution in [0, 0.1) is 0 Å². The Bertz CT molecular complexity index is 771. The fraction of sp³-hybridized carbons (Fsp3) is 0.227. The molecule has 0 spiro atoms. The zero-order valence-corrected chi connectivity index (χ0v) is 16.2. The SMILES string of the molecule is C=CCOC(CC=C)(C(=O)NCc1ccc(OC)cc1)c1ccc(Cl)cc1. The smallest absolute Gasteiger partial charge is 0.257 e. The van der Waals surface area contributed by atoms with Gasteiger partial charge in [-0.15, -0.1) is 13.2 Å². The van der Waals surface area contributed by atoms with Gasteiger partial charge in [0.05, 0.1) is 13.7 Å². The highest BCUT2D eigenvalue weighted by atomic mass is 35.5. The lowest BCUT2D eigenvalue weighted by Gasteiger charge is -2.32. The van der Waals surface area contributed by atoms with Gasteiger partial charge in [-0.3, -0.25) is 4.79 Å². The van der Waals surface area contributed by atoms with Crippen molar-refractivity contribution in [1.29, 1.82) is 0 Å². The topological polar surface area (TPSA) is 47.6 Å². The van der Waals surface area contributed by atoms with Gasteiger partial charge in [0.15, 0.2) is 5.60 Å². The van der Waals surface area contributed by atoms with Crippen LogP contribution in [0.4, 0.5) is 0 Å². The first-order valence-corrected chi connectivity index (χ1v) is 8.96. The Labute approximate surface area is 165 Å². The van der Waals surface area contributed by atoms with Crippen molar-refractivity contribution in [1.82, 2.24) is 5.32 Å². The first-order chi connectivity index (χ1) is 13.1. The number of amides is 1. The number of ether oxygens (including phenoxy) is 2. The van der Waals surface area contributed by atoms with Crippen LogP contribution in [0.5, 0.6) is 5.75 Å². The molecule has 0 heterocycles. The summed E-state index contributed by atoms with van der Waals surface area (Å²) >= 11 is 6.00. The van der Waals surface area contributed by atoms with Gasteiger partial charge in [-0.25, -0.2) is 0 Å². The molecule has 0 aliphatic carbocycles. The van der Waals surface area contributed by atoms with E-state index < -0.39 is 5.60 Å². The summed E-state index contributed by atoms with van der Waals surface area (Å²) in [4.78, 5) is 13.2. The number of carbonyl (C=O) groups excluding carboxylic acids is 1. The molecule has 0 aliphatic heterocycles. The molecule has 1 N–H and O–H groups in total. The Kier molecular flexibility index (Phi) is 7.65. The summed E-state index contributed by atoms with van der Waals surface area (Å²) in [6.45, 7) is 8.07. The summed E-state index contributed by atoms with van der Waals surface area (Å²) in [5, 5.41) is 3.56. The van der Waals surface area contributed by atoms with E-state index in [0.717, 1.165) is 11.3 Å². The Morgan fingerprint density at radius 1 is 1.11 bits per heavy atom. The molecule has 4 nitrogen and oxygen atoms in total. The summed E-state index contributed by atoms with van der Waals surface area (Å²) in [5.41, 5.74) is 0.463. The molecular formula is C22H24ClNO3. The van der Waals surface area contributed by atoms with Crippen LogP contribution < -0.4 is 10.1 Å². The molecule has 5 heteroatoms. The molecule has 0 aromatic heterocycles. The van der Waals surface area contributed by atoms with Crippen molar-refractivity contribution in [3.05, 3.63) is 90.0 Å². The van der Waals surface area contributed by atoms with Crippen LogP contribution in [0.2, 0.25) is 5.02 Å². The number of nitrogens with one attached hydrogen (secondary N) is 1. The quantitative estimate of drug-likeness (QED) is 0.606. The molecule has 0 radical (unpaired) electrons. The highest BCUT2D eigenvalue weighted by Crippen LogP contribution is 2.32. The van der Waals surface area contributed by atoms with Gasteiger partial charge in [0.25, 0.3) is 5.91 Å². The third-order valence-electron chi connectivity index (χ3n) is 4.17. The summed E-state index contributed by atoms with van der Waals surface area (Å²) in [7, 11) is 1.61. The molecule has 0 saturated carbocycles. The zero-order valence-electron chi connectivity index (χ0n) is 15.4. The number of carbonyl (C=O) groups is 1. The van der Waals surface area contributed by atoms with Crippen LogP contribution in [0.25, 0.3) is 0 Å². The van der Waals surface area contributed by atoms with E-state index in [1.54, 1.807) is 43.5 Å². The van der Waals surface area contributed by atoms with Gasteiger partial charge in [-0.05, 0) is 35.4 Å².